The van der Waals surface area contributed by atoms with Gasteiger partial charge in [0.15, 0.2) is 0 Å². The number of carbonyl (C=O) groups is 1. The van der Waals surface area contributed by atoms with Crippen molar-refractivity contribution in [2.45, 2.75) is 0 Å². The monoisotopic (exact) mass is 387 g/mol. The van der Waals surface area contributed by atoms with E-state index in [9.17, 15) is 23.3 Å². The van der Waals surface area contributed by atoms with Gasteiger partial charge in [0.25, 0.3) is 5.69 Å². The Bertz CT molecular complexity index is 1030. The molecule has 2 aromatic carbocycles. The fourth-order valence-corrected chi connectivity index (χ4v) is 3.37. The second-order valence-corrected chi connectivity index (χ2v) is 8.42. The molecule has 2 aromatic rings. The predicted molar refractivity (Wildman–Crippen MR) is 102 cm³/mol. The number of sulfone groups is 1. The molecule has 1 aliphatic heterocycles. The maximum absolute atomic E-state index is 12.6. The number of aliphatic imine (C=N–C) groups is 1. The summed E-state index contributed by atoms with van der Waals surface area (Å²) in [6, 6.07) is 13.2. The van der Waals surface area contributed by atoms with Crippen molar-refractivity contribution in [3.05, 3.63) is 69.8 Å². The van der Waals surface area contributed by atoms with Gasteiger partial charge < -0.3 is 4.90 Å². The number of non-ortho nitro benzene ring substituents is 1. The summed E-state index contributed by atoms with van der Waals surface area (Å²) >= 11 is 0. The van der Waals surface area contributed by atoms with E-state index in [0.717, 1.165) is 11.8 Å². The molecule has 0 saturated heterocycles. The normalized spacial score (nSPS) is 14.3. The molecule has 1 amide bonds. The topological polar surface area (TPSA) is 110 Å². The smallest absolute Gasteiger partial charge is 0.270 e. The van der Waals surface area contributed by atoms with Crippen molar-refractivity contribution in [1.29, 1.82) is 0 Å². The summed E-state index contributed by atoms with van der Waals surface area (Å²) in [5.41, 5.74) is 1.89. The van der Waals surface area contributed by atoms with Crippen molar-refractivity contribution < 1.29 is 18.1 Å². The zero-order valence-electron chi connectivity index (χ0n) is 14.5. The fourth-order valence-electron chi connectivity index (χ4n) is 2.86. The first-order valence-corrected chi connectivity index (χ1v) is 10.2. The number of carbonyl (C=O) groups excluding carboxylic acids is 1. The molecule has 0 bridgehead atoms. The van der Waals surface area contributed by atoms with Crippen molar-refractivity contribution in [2.24, 2.45) is 4.99 Å². The van der Waals surface area contributed by atoms with E-state index in [-0.39, 0.29) is 30.4 Å². The highest BCUT2D eigenvalue weighted by atomic mass is 32.2. The van der Waals surface area contributed by atoms with Gasteiger partial charge in [-0.2, -0.15) is 0 Å². The molecule has 1 aliphatic rings. The maximum atomic E-state index is 12.6. The molecule has 0 unspecified atom stereocenters. The number of amides is 1. The Labute approximate surface area is 156 Å². The largest absolute Gasteiger partial charge is 0.309 e. The van der Waals surface area contributed by atoms with Crippen molar-refractivity contribution >= 4 is 32.8 Å². The number of anilines is 1. The van der Waals surface area contributed by atoms with Crippen LogP contribution >= 0.6 is 0 Å². The lowest BCUT2D eigenvalue weighted by Crippen LogP contribution is -2.36. The first kappa shape index (κ1) is 18.7. The third-order valence-corrected chi connectivity index (χ3v) is 5.07. The maximum Gasteiger partial charge on any atom is 0.270 e. The van der Waals surface area contributed by atoms with Crippen LogP contribution in [-0.4, -0.2) is 50.1 Å². The molecule has 140 valence electrons. The van der Waals surface area contributed by atoms with Crippen molar-refractivity contribution in [1.82, 2.24) is 0 Å². The Kier molecular flexibility index (Phi) is 5.04. The highest BCUT2D eigenvalue weighted by molar-refractivity contribution is 7.90. The third kappa shape index (κ3) is 4.20. The van der Waals surface area contributed by atoms with E-state index in [2.05, 4.69) is 4.99 Å². The summed E-state index contributed by atoms with van der Waals surface area (Å²) in [5.74, 6) is -0.574. The van der Waals surface area contributed by atoms with Gasteiger partial charge in [-0.1, -0.05) is 30.3 Å². The zero-order chi connectivity index (χ0) is 19.6. The average molecular weight is 387 g/mol. The van der Waals surface area contributed by atoms with E-state index >= 15 is 0 Å². The molecule has 0 saturated carbocycles. The predicted octanol–water partition coefficient (Wildman–Crippen LogP) is 1.82. The van der Waals surface area contributed by atoms with Crippen molar-refractivity contribution in [3.8, 4) is 0 Å². The molecule has 0 atom stereocenters. The number of nitro groups is 1. The van der Waals surface area contributed by atoms with Gasteiger partial charge in [-0.15, -0.1) is 0 Å². The second kappa shape index (κ2) is 7.28. The van der Waals surface area contributed by atoms with Crippen LogP contribution in [0.4, 0.5) is 11.4 Å². The molecule has 0 aromatic heterocycles. The minimum Gasteiger partial charge on any atom is -0.309 e. The van der Waals surface area contributed by atoms with E-state index in [1.54, 1.807) is 12.1 Å². The van der Waals surface area contributed by atoms with Gasteiger partial charge in [-0.05, 0) is 6.07 Å². The van der Waals surface area contributed by atoms with Crippen LogP contribution in [0.2, 0.25) is 0 Å². The molecule has 27 heavy (non-hydrogen) atoms. The molecule has 0 fully saturated rings. The molecule has 3 rings (SSSR count). The summed E-state index contributed by atoms with van der Waals surface area (Å²) in [4.78, 5) is 29.0. The average Bonchev–Trinajstić information content (AvgIpc) is 2.75. The summed E-state index contributed by atoms with van der Waals surface area (Å²) < 4.78 is 23.1. The van der Waals surface area contributed by atoms with Crippen LogP contribution in [0.25, 0.3) is 0 Å². The van der Waals surface area contributed by atoms with E-state index < -0.39 is 14.8 Å². The first-order chi connectivity index (χ1) is 12.8. The zero-order valence-corrected chi connectivity index (χ0v) is 15.3. The van der Waals surface area contributed by atoms with Crippen LogP contribution in [0, 0.1) is 10.1 Å². The van der Waals surface area contributed by atoms with Gasteiger partial charge in [0.05, 0.1) is 22.1 Å². The molecule has 0 N–H and O–H groups in total. The summed E-state index contributed by atoms with van der Waals surface area (Å²) in [6.45, 7) is -0.212. The number of rotatable bonds is 5. The second-order valence-electron chi connectivity index (χ2n) is 6.16. The van der Waals surface area contributed by atoms with Gasteiger partial charge in [0.1, 0.15) is 16.4 Å². The number of nitro benzene ring substituents is 1. The van der Waals surface area contributed by atoms with Gasteiger partial charge in [-0.3, -0.25) is 19.9 Å². The van der Waals surface area contributed by atoms with E-state index in [1.165, 1.54) is 23.1 Å². The summed E-state index contributed by atoms with van der Waals surface area (Å²) in [5, 5.41) is 11.2. The van der Waals surface area contributed by atoms with Crippen LogP contribution < -0.4 is 4.90 Å². The molecule has 0 radical (unpaired) electrons. The van der Waals surface area contributed by atoms with Crippen LogP contribution in [0.1, 0.15) is 11.1 Å². The Hall–Kier alpha value is -3.07. The van der Waals surface area contributed by atoms with Crippen LogP contribution in [0.15, 0.2) is 53.5 Å². The number of hydrogen-bond donors (Lipinski definition) is 0. The van der Waals surface area contributed by atoms with Gasteiger partial charge in [0.2, 0.25) is 5.91 Å². The Morgan fingerprint density at radius 3 is 2.52 bits per heavy atom. The molecular weight excluding hydrogens is 370 g/mol. The summed E-state index contributed by atoms with van der Waals surface area (Å²) in [6.07, 6.45) is 1.10. The number of benzodiazepines with no additional fused rings is 1. The van der Waals surface area contributed by atoms with E-state index in [4.69, 9.17) is 0 Å². The van der Waals surface area contributed by atoms with E-state index in [1.807, 2.05) is 18.2 Å². The van der Waals surface area contributed by atoms with Gasteiger partial charge in [-0.25, -0.2) is 8.42 Å². The lowest BCUT2D eigenvalue weighted by atomic mass is 9.99. The Morgan fingerprint density at radius 2 is 1.89 bits per heavy atom. The number of benzene rings is 2. The van der Waals surface area contributed by atoms with Gasteiger partial charge in [0, 0.05) is 36.1 Å². The van der Waals surface area contributed by atoms with Gasteiger partial charge >= 0.3 is 0 Å². The lowest BCUT2D eigenvalue weighted by molar-refractivity contribution is -0.384. The Balaban J connectivity index is 2.15. The van der Waals surface area contributed by atoms with Crippen LogP contribution in [0.5, 0.6) is 0 Å². The molecule has 8 nitrogen and oxygen atoms in total. The number of fused-ring (bicyclic) bond motifs is 1. The minimum absolute atomic E-state index is 0.0416. The Morgan fingerprint density at radius 1 is 1.19 bits per heavy atom. The quantitative estimate of drug-likeness (QED) is 0.574. The standard InChI is InChI=1S/C18H17N3O5S/c1-27(25,26)10-9-20-16-8-7-14(21(23)24)11-15(16)18(19-12-17(20)22)13-5-3-2-4-6-13/h2-8,11H,9-10,12H2,1H3. The van der Waals surface area contributed by atoms with Crippen LogP contribution in [0.3, 0.4) is 0 Å². The molecular formula is C18H17N3O5S. The SMILES string of the molecule is CS(=O)(=O)CCN1C(=O)CN=C(c2ccccc2)c2cc([N+](=O)[O-])ccc21. The molecule has 0 spiro atoms. The third-order valence-electron chi connectivity index (χ3n) is 4.14. The van der Waals surface area contributed by atoms with Crippen molar-refractivity contribution in [3.63, 3.8) is 0 Å². The molecule has 0 aliphatic carbocycles. The molecule has 1 heterocycles. The highest BCUT2D eigenvalue weighted by Crippen LogP contribution is 2.30. The molecule has 9 heteroatoms. The number of nitrogens with zero attached hydrogens (tertiary/aromatic N) is 3. The summed E-state index contributed by atoms with van der Waals surface area (Å²) in [7, 11) is -3.29. The number of hydrogen-bond acceptors (Lipinski definition) is 6. The lowest BCUT2D eigenvalue weighted by Gasteiger charge is -2.22. The minimum atomic E-state index is -3.29. The van der Waals surface area contributed by atoms with Crippen molar-refractivity contribution in [2.75, 3.05) is 30.0 Å². The van der Waals surface area contributed by atoms with E-state index in [0.29, 0.717) is 17.0 Å². The first-order valence-electron chi connectivity index (χ1n) is 8.13. The highest BCUT2D eigenvalue weighted by Gasteiger charge is 2.27. The fraction of sp³-hybridized carbons (Fsp3) is 0.222. The van der Waals surface area contributed by atoms with Crippen LogP contribution in [-0.2, 0) is 14.6 Å².